The third-order valence-corrected chi connectivity index (χ3v) is 4.01. The first-order chi connectivity index (χ1) is 10.0. The van der Waals surface area contributed by atoms with Crippen LogP contribution in [0.5, 0.6) is 11.6 Å². The maximum atomic E-state index is 6.17. The van der Waals surface area contributed by atoms with Gasteiger partial charge in [-0.05, 0) is 59.5 Å². The minimum atomic E-state index is 0.477. The van der Waals surface area contributed by atoms with Crippen LogP contribution in [0.1, 0.15) is 24.5 Å². The highest BCUT2D eigenvalue weighted by atomic mass is 79.9. The Kier molecular flexibility index (Phi) is 5.42. The summed E-state index contributed by atoms with van der Waals surface area (Å²) in [4.78, 5) is 8.56. The van der Waals surface area contributed by atoms with Gasteiger partial charge >= 0.3 is 0 Å². The van der Waals surface area contributed by atoms with Gasteiger partial charge < -0.3 is 10.1 Å². The van der Waals surface area contributed by atoms with Gasteiger partial charge in [-0.2, -0.15) is 4.98 Å². The molecule has 0 amide bonds. The fourth-order valence-electron chi connectivity index (χ4n) is 1.82. The summed E-state index contributed by atoms with van der Waals surface area (Å²) < 4.78 is 6.55. The number of anilines is 1. The summed E-state index contributed by atoms with van der Waals surface area (Å²) in [5.74, 6) is 1.73. The molecule has 0 fully saturated rings. The molecule has 112 valence electrons. The van der Waals surface area contributed by atoms with Crippen molar-refractivity contribution < 1.29 is 4.74 Å². The number of hydrogen-bond acceptors (Lipinski definition) is 4. The van der Waals surface area contributed by atoms with Gasteiger partial charge in [0.25, 0.3) is 0 Å². The summed E-state index contributed by atoms with van der Waals surface area (Å²) in [7, 11) is 0. The molecule has 1 aromatic heterocycles. The van der Waals surface area contributed by atoms with Crippen LogP contribution in [-0.4, -0.2) is 16.5 Å². The molecular formula is C15H17BrClN3O. The minimum Gasteiger partial charge on any atom is -0.438 e. The zero-order valence-corrected chi connectivity index (χ0v) is 14.5. The molecule has 1 aromatic carbocycles. The molecule has 2 rings (SSSR count). The topological polar surface area (TPSA) is 47.0 Å². The largest absolute Gasteiger partial charge is 0.438 e. The van der Waals surface area contributed by atoms with Crippen molar-refractivity contribution in [3.05, 3.63) is 39.0 Å². The smallest absolute Gasteiger partial charge is 0.238 e. The normalized spacial score (nSPS) is 10.5. The van der Waals surface area contributed by atoms with Crippen molar-refractivity contribution in [3.8, 4) is 11.6 Å². The molecule has 0 radical (unpaired) electrons. The Balaban J connectivity index is 2.26. The average molecular weight is 371 g/mol. The second kappa shape index (κ2) is 7.09. The summed E-state index contributed by atoms with van der Waals surface area (Å²) >= 11 is 9.57. The van der Waals surface area contributed by atoms with Crippen LogP contribution in [0.4, 0.5) is 5.95 Å². The molecule has 2 aromatic rings. The first kappa shape index (κ1) is 16.0. The molecule has 4 nitrogen and oxygen atoms in total. The Morgan fingerprint density at radius 2 is 1.95 bits per heavy atom. The van der Waals surface area contributed by atoms with Crippen molar-refractivity contribution >= 4 is 33.5 Å². The standard InChI is InChI=1S/C15H17BrClN3O/c1-4-5-18-15-19-8-12(16)14(20-15)21-11-6-9(2)13(17)10(3)7-11/h6-8H,4-5H2,1-3H3,(H,18,19,20). The van der Waals surface area contributed by atoms with E-state index in [4.69, 9.17) is 16.3 Å². The predicted molar refractivity (Wildman–Crippen MR) is 89.5 cm³/mol. The van der Waals surface area contributed by atoms with Crippen LogP contribution < -0.4 is 10.1 Å². The van der Waals surface area contributed by atoms with Gasteiger partial charge in [-0.3, -0.25) is 0 Å². The van der Waals surface area contributed by atoms with E-state index in [-0.39, 0.29) is 0 Å². The summed E-state index contributed by atoms with van der Waals surface area (Å²) in [6.07, 6.45) is 2.68. The summed E-state index contributed by atoms with van der Waals surface area (Å²) in [6.45, 7) is 6.81. The Bertz CT molecular complexity index is 626. The van der Waals surface area contributed by atoms with Crippen LogP contribution in [0, 0.1) is 13.8 Å². The number of hydrogen-bond donors (Lipinski definition) is 1. The Morgan fingerprint density at radius 1 is 1.29 bits per heavy atom. The maximum Gasteiger partial charge on any atom is 0.238 e. The molecule has 0 unspecified atom stereocenters. The van der Waals surface area contributed by atoms with E-state index in [2.05, 4.69) is 38.1 Å². The maximum absolute atomic E-state index is 6.17. The van der Waals surface area contributed by atoms with E-state index in [0.717, 1.165) is 29.1 Å². The first-order valence-electron chi connectivity index (χ1n) is 6.72. The van der Waals surface area contributed by atoms with Gasteiger partial charge in [-0.1, -0.05) is 18.5 Å². The third-order valence-electron chi connectivity index (χ3n) is 2.87. The van der Waals surface area contributed by atoms with Crippen molar-refractivity contribution in [2.24, 2.45) is 0 Å². The lowest BCUT2D eigenvalue weighted by Crippen LogP contribution is -2.05. The Hall–Kier alpha value is -1.33. The second-order valence-electron chi connectivity index (χ2n) is 4.75. The molecule has 0 aliphatic rings. The van der Waals surface area contributed by atoms with Gasteiger partial charge in [0.2, 0.25) is 11.8 Å². The fraction of sp³-hybridized carbons (Fsp3) is 0.333. The Labute approximate surface area is 138 Å². The van der Waals surface area contributed by atoms with Crippen molar-refractivity contribution in [3.63, 3.8) is 0 Å². The Morgan fingerprint density at radius 3 is 2.57 bits per heavy atom. The molecule has 0 saturated heterocycles. The number of ether oxygens (including phenoxy) is 1. The number of halogens is 2. The van der Waals surface area contributed by atoms with E-state index in [1.165, 1.54) is 0 Å². The molecule has 0 aliphatic heterocycles. The number of rotatable bonds is 5. The van der Waals surface area contributed by atoms with E-state index in [0.29, 0.717) is 22.1 Å². The van der Waals surface area contributed by atoms with Crippen LogP contribution in [-0.2, 0) is 0 Å². The molecule has 21 heavy (non-hydrogen) atoms. The highest BCUT2D eigenvalue weighted by Crippen LogP contribution is 2.31. The monoisotopic (exact) mass is 369 g/mol. The van der Waals surface area contributed by atoms with Crippen LogP contribution in [0.3, 0.4) is 0 Å². The van der Waals surface area contributed by atoms with Crippen molar-refractivity contribution in [1.82, 2.24) is 9.97 Å². The quantitative estimate of drug-likeness (QED) is 0.793. The minimum absolute atomic E-state index is 0.477. The fourth-order valence-corrected chi connectivity index (χ4v) is 2.20. The number of aryl methyl sites for hydroxylation is 2. The first-order valence-corrected chi connectivity index (χ1v) is 7.89. The van der Waals surface area contributed by atoms with Crippen LogP contribution in [0.2, 0.25) is 5.02 Å². The van der Waals surface area contributed by atoms with Gasteiger partial charge in [0.1, 0.15) is 5.75 Å². The van der Waals surface area contributed by atoms with E-state index in [9.17, 15) is 0 Å². The van der Waals surface area contributed by atoms with E-state index in [1.54, 1.807) is 6.20 Å². The molecule has 0 bridgehead atoms. The molecule has 1 N–H and O–H groups in total. The molecule has 1 heterocycles. The molecular weight excluding hydrogens is 354 g/mol. The van der Waals surface area contributed by atoms with Crippen molar-refractivity contribution in [2.75, 3.05) is 11.9 Å². The number of nitrogens with zero attached hydrogens (tertiary/aromatic N) is 2. The van der Waals surface area contributed by atoms with E-state index < -0.39 is 0 Å². The lowest BCUT2D eigenvalue weighted by atomic mass is 10.1. The number of benzene rings is 1. The summed E-state index contributed by atoms with van der Waals surface area (Å²) in [5, 5.41) is 3.89. The van der Waals surface area contributed by atoms with Crippen molar-refractivity contribution in [2.45, 2.75) is 27.2 Å². The van der Waals surface area contributed by atoms with Crippen LogP contribution >= 0.6 is 27.5 Å². The average Bonchev–Trinajstić information content (AvgIpc) is 2.45. The second-order valence-corrected chi connectivity index (χ2v) is 5.98. The summed E-state index contributed by atoms with van der Waals surface area (Å²) in [5.41, 5.74) is 1.95. The summed E-state index contributed by atoms with van der Waals surface area (Å²) in [6, 6.07) is 3.78. The lowest BCUT2D eigenvalue weighted by Gasteiger charge is -2.11. The molecule has 0 aliphatic carbocycles. The van der Waals surface area contributed by atoms with E-state index in [1.807, 2.05) is 26.0 Å². The van der Waals surface area contributed by atoms with Crippen LogP contribution in [0.25, 0.3) is 0 Å². The molecule has 0 atom stereocenters. The predicted octanol–water partition coefficient (Wildman–Crippen LogP) is 5.12. The third kappa shape index (κ3) is 4.08. The van der Waals surface area contributed by atoms with Crippen LogP contribution in [0.15, 0.2) is 22.8 Å². The number of nitrogens with one attached hydrogen (secondary N) is 1. The molecule has 0 saturated carbocycles. The molecule has 6 heteroatoms. The van der Waals surface area contributed by atoms with Gasteiger partial charge in [-0.25, -0.2) is 4.98 Å². The van der Waals surface area contributed by atoms with Gasteiger partial charge in [0.05, 0.1) is 10.7 Å². The van der Waals surface area contributed by atoms with Gasteiger partial charge in [-0.15, -0.1) is 0 Å². The SMILES string of the molecule is CCCNc1ncc(Br)c(Oc2cc(C)c(Cl)c(C)c2)n1. The van der Waals surface area contributed by atoms with E-state index >= 15 is 0 Å². The van der Waals surface area contributed by atoms with Gasteiger partial charge in [0.15, 0.2) is 0 Å². The zero-order valence-electron chi connectivity index (χ0n) is 12.2. The lowest BCUT2D eigenvalue weighted by molar-refractivity contribution is 0.458. The molecule has 0 spiro atoms. The zero-order chi connectivity index (χ0) is 15.4. The van der Waals surface area contributed by atoms with Crippen molar-refractivity contribution in [1.29, 1.82) is 0 Å². The number of aromatic nitrogens is 2. The highest BCUT2D eigenvalue weighted by Gasteiger charge is 2.10. The van der Waals surface area contributed by atoms with Gasteiger partial charge in [0, 0.05) is 11.6 Å². The highest BCUT2D eigenvalue weighted by molar-refractivity contribution is 9.10.